The molecular weight excluding hydrogens is 526 g/mol. The highest BCUT2D eigenvalue weighted by atomic mass is 32.2. The van der Waals surface area contributed by atoms with E-state index >= 15 is 13.2 Å². The zero-order valence-electron chi connectivity index (χ0n) is 20.0. The fourth-order valence-electron chi connectivity index (χ4n) is 4.92. The van der Waals surface area contributed by atoms with Crippen molar-refractivity contribution in [1.82, 2.24) is 9.71 Å². The molecule has 38 heavy (non-hydrogen) atoms. The molecule has 0 atom stereocenters. The molecule has 2 bridgehead atoms. The van der Waals surface area contributed by atoms with Gasteiger partial charge in [-0.15, -0.1) is 0 Å². The molecule has 2 aromatic carbocycles. The number of hydrogen-bond acceptors (Lipinski definition) is 5. The van der Waals surface area contributed by atoms with Crippen LogP contribution in [0.15, 0.2) is 36.5 Å². The summed E-state index contributed by atoms with van der Waals surface area (Å²) >= 11 is 0. The lowest BCUT2D eigenvalue weighted by molar-refractivity contribution is -0.0316. The number of halogens is 4. The molecule has 200 valence electrons. The summed E-state index contributed by atoms with van der Waals surface area (Å²) in [5.74, 6) is -6.05. The van der Waals surface area contributed by atoms with Gasteiger partial charge in [-0.3, -0.25) is 9.52 Å². The predicted octanol–water partition coefficient (Wildman–Crippen LogP) is 4.18. The van der Waals surface area contributed by atoms with Crippen LogP contribution >= 0.6 is 0 Å². The van der Waals surface area contributed by atoms with Gasteiger partial charge in [0.05, 0.1) is 16.9 Å². The number of benzene rings is 2. The predicted molar refractivity (Wildman–Crippen MR) is 132 cm³/mol. The number of rotatable bonds is 9. The highest BCUT2D eigenvalue weighted by Gasteiger charge is 2.58. The Morgan fingerprint density at radius 3 is 2.37 bits per heavy atom. The zero-order chi connectivity index (χ0) is 27.4. The summed E-state index contributed by atoms with van der Waals surface area (Å²) in [4.78, 5) is 15.8. The van der Waals surface area contributed by atoms with Gasteiger partial charge >= 0.3 is 10.2 Å². The monoisotopic (exact) mass is 549 g/mol. The molecule has 0 spiro atoms. The number of primary amides is 1. The lowest BCUT2D eigenvalue weighted by Gasteiger charge is -2.61. The molecule has 3 aromatic rings. The van der Waals surface area contributed by atoms with Crippen molar-refractivity contribution in [2.75, 3.05) is 10.0 Å². The quantitative estimate of drug-likeness (QED) is 0.298. The molecule has 8 nitrogen and oxygen atoms in total. The van der Waals surface area contributed by atoms with Gasteiger partial charge in [0.25, 0.3) is 5.91 Å². The first-order valence-electron chi connectivity index (χ1n) is 11.7. The van der Waals surface area contributed by atoms with Crippen LogP contribution in [0.2, 0.25) is 0 Å². The molecule has 0 radical (unpaired) electrons. The zero-order valence-corrected chi connectivity index (χ0v) is 20.9. The second kappa shape index (κ2) is 9.24. The van der Waals surface area contributed by atoms with Gasteiger partial charge in [-0.05, 0) is 73.1 Å². The van der Waals surface area contributed by atoms with Crippen molar-refractivity contribution >= 4 is 33.3 Å². The van der Waals surface area contributed by atoms with Crippen LogP contribution in [0.1, 0.15) is 46.3 Å². The molecule has 3 aliphatic carbocycles. The van der Waals surface area contributed by atoms with Crippen molar-refractivity contribution in [3.8, 4) is 0 Å². The first kappa shape index (κ1) is 25.9. The van der Waals surface area contributed by atoms with Crippen molar-refractivity contribution in [1.29, 1.82) is 0 Å². The van der Waals surface area contributed by atoms with E-state index < -0.39 is 74.0 Å². The Kier molecular flexibility index (Phi) is 6.30. The number of carbonyl (C=O) groups is 1. The highest BCUT2D eigenvalue weighted by Crippen LogP contribution is 2.57. The summed E-state index contributed by atoms with van der Waals surface area (Å²) in [5.41, 5.74) is 3.42. The average molecular weight is 550 g/mol. The number of nitrogens with zero attached hydrogens (tertiary/aromatic N) is 1. The number of hydrogen-bond donors (Lipinski definition) is 4. The average Bonchev–Trinajstić information content (AvgIpc) is 2.79. The summed E-state index contributed by atoms with van der Waals surface area (Å²) in [5, 5.41) is 2.37. The molecule has 1 heterocycles. The van der Waals surface area contributed by atoms with Gasteiger partial charge in [-0.25, -0.2) is 22.5 Å². The van der Waals surface area contributed by atoms with Crippen LogP contribution < -0.4 is 20.5 Å². The van der Waals surface area contributed by atoms with Crippen molar-refractivity contribution in [3.05, 3.63) is 82.1 Å². The molecular formula is C25H23F4N5O3S. The van der Waals surface area contributed by atoms with Gasteiger partial charge in [0.2, 0.25) is 0 Å². The summed E-state index contributed by atoms with van der Waals surface area (Å²) in [6.45, 7) is 1.64. The Labute approximate surface area is 215 Å². The third-order valence-electron chi connectivity index (χ3n) is 6.90. The Bertz CT molecular complexity index is 1560. The molecule has 0 unspecified atom stereocenters. The van der Waals surface area contributed by atoms with Crippen molar-refractivity contribution in [2.45, 2.75) is 38.1 Å². The number of carbonyl (C=O) groups excluding carboxylic acids is 1. The van der Waals surface area contributed by atoms with Crippen LogP contribution in [0.5, 0.6) is 0 Å². The van der Waals surface area contributed by atoms with Gasteiger partial charge in [0.15, 0.2) is 23.3 Å². The second-order valence-electron chi connectivity index (χ2n) is 9.83. The van der Waals surface area contributed by atoms with Crippen molar-refractivity contribution < 1.29 is 30.8 Å². The van der Waals surface area contributed by atoms with Gasteiger partial charge in [0.1, 0.15) is 5.82 Å². The number of aryl methyl sites for hydroxylation is 1. The minimum atomic E-state index is -4.14. The van der Waals surface area contributed by atoms with Crippen LogP contribution in [0.4, 0.5) is 34.8 Å². The standard InChI is InChI=1S/C25H23F4N5O3S/c1-12-2-3-18(17(26)6-12)32-22-16(23(30)35)8-15(19(27)21(22)29)7-14-4-5-31-24(20(14)28)33-38(36,37)34-25-9-13(10-25)11-25/h2-6,8,13,32,34H,7,9-11H2,1H3,(H2,30,35)(H,31,33). The number of pyridine rings is 1. The number of nitrogens with one attached hydrogen (secondary N) is 3. The van der Waals surface area contributed by atoms with Crippen LogP contribution in [0, 0.1) is 36.1 Å². The molecule has 3 aliphatic rings. The molecule has 3 saturated carbocycles. The van der Waals surface area contributed by atoms with E-state index in [9.17, 15) is 17.6 Å². The fraction of sp³-hybridized carbons (Fsp3) is 0.280. The molecule has 3 fully saturated rings. The lowest BCUT2D eigenvalue weighted by atomic mass is 9.50. The maximum absolute atomic E-state index is 15.2. The number of amides is 1. The maximum Gasteiger partial charge on any atom is 0.300 e. The smallest absolute Gasteiger partial charge is 0.300 e. The Morgan fingerprint density at radius 1 is 1.05 bits per heavy atom. The van der Waals surface area contributed by atoms with E-state index in [1.165, 1.54) is 12.1 Å². The van der Waals surface area contributed by atoms with E-state index in [-0.39, 0.29) is 11.3 Å². The van der Waals surface area contributed by atoms with Gasteiger partial charge in [0, 0.05) is 18.2 Å². The molecule has 0 aliphatic heterocycles. The second-order valence-corrected chi connectivity index (χ2v) is 11.2. The molecule has 1 aromatic heterocycles. The van der Waals surface area contributed by atoms with Gasteiger partial charge in [-0.2, -0.15) is 13.1 Å². The van der Waals surface area contributed by atoms with E-state index in [2.05, 4.69) is 19.7 Å². The molecule has 13 heteroatoms. The summed E-state index contributed by atoms with van der Waals surface area (Å²) in [6.07, 6.45) is 2.70. The van der Waals surface area contributed by atoms with Crippen LogP contribution in [-0.4, -0.2) is 24.8 Å². The van der Waals surface area contributed by atoms with Crippen molar-refractivity contribution in [3.63, 3.8) is 0 Å². The van der Waals surface area contributed by atoms with E-state index in [0.717, 1.165) is 43.7 Å². The largest absolute Gasteiger partial charge is 0.366 e. The number of aromatic nitrogens is 1. The van der Waals surface area contributed by atoms with E-state index in [1.54, 1.807) is 6.92 Å². The number of nitrogens with two attached hydrogens (primary N) is 1. The molecule has 0 saturated heterocycles. The number of anilines is 3. The first-order valence-corrected chi connectivity index (χ1v) is 13.1. The Balaban J connectivity index is 1.43. The van der Waals surface area contributed by atoms with Gasteiger partial charge in [-0.1, -0.05) is 6.07 Å². The minimum absolute atomic E-state index is 0.214. The Morgan fingerprint density at radius 2 is 1.76 bits per heavy atom. The maximum atomic E-state index is 15.2. The van der Waals surface area contributed by atoms with Crippen molar-refractivity contribution in [2.24, 2.45) is 11.7 Å². The minimum Gasteiger partial charge on any atom is -0.366 e. The molecule has 6 rings (SSSR count). The lowest BCUT2D eigenvalue weighted by Crippen LogP contribution is -2.68. The third kappa shape index (κ3) is 4.78. The van der Waals surface area contributed by atoms with E-state index in [1.807, 2.05) is 0 Å². The van der Waals surface area contributed by atoms with E-state index in [4.69, 9.17) is 5.73 Å². The molecule has 1 amide bonds. The van der Waals surface area contributed by atoms with Crippen LogP contribution in [0.3, 0.4) is 0 Å². The normalized spacial score (nSPS) is 19.9. The molecule has 5 N–H and O–H groups in total. The highest BCUT2D eigenvalue weighted by molar-refractivity contribution is 7.90. The van der Waals surface area contributed by atoms with Crippen LogP contribution in [-0.2, 0) is 16.6 Å². The fourth-order valence-corrected chi connectivity index (χ4v) is 6.19. The summed E-state index contributed by atoms with van der Waals surface area (Å²) in [6, 6.07) is 6.08. The SMILES string of the molecule is Cc1ccc(Nc2c(C(N)=O)cc(Cc3ccnc(NS(=O)(=O)NC45CC(C4)C5)c3F)c(F)c2F)c(F)c1. The summed E-state index contributed by atoms with van der Waals surface area (Å²) < 4.78 is 89.2. The third-order valence-corrected chi connectivity index (χ3v) is 8.07. The Hall–Kier alpha value is -3.71. The first-order chi connectivity index (χ1) is 17.9. The van der Waals surface area contributed by atoms with E-state index in [0.29, 0.717) is 11.5 Å². The van der Waals surface area contributed by atoms with Gasteiger partial charge < -0.3 is 11.1 Å². The van der Waals surface area contributed by atoms with Crippen LogP contribution in [0.25, 0.3) is 0 Å². The summed E-state index contributed by atoms with van der Waals surface area (Å²) in [7, 11) is -4.14. The topological polar surface area (TPSA) is 126 Å².